The number of unbranched alkanes of at least 4 members (excludes halogenated alkanes) is 1. The van der Waals surface area contributed by atoms with E-state index in [0.29, 0.717) is 18.4 Å². The van der Waals surface area contributed by atoms with Crippen LogP contribution in [0.5, 0.6) is 5.75 Å². The Bertz CT molecular complexity index is 873. The van der Waals surface area contributed by atoms with Gasteiger partial charge in [0.2, 0.25) is 0 Å². The molecule has 7 heteroatoms. The van der Waals surface area contributed by atoms with Crippen LogP contribution in [0.2, 0.25) is 0 Å². The third-order valence-electron chi connectivity index (χ3n) is 8.13. The molecule has 2 fully saturated rings. The maximum atomic E-state index is 12.0. The normalized spacial score (nSPS) is 30.8. The van der Waals surface area contributed by atoms with E-state index < -0.39 is 17.9 Å². The fraction of sp³-hybridized carbons (Fsp3) is 0.667. The minimum atomic E-state index is -0.794. The van der Waals surface area contributed by atoms with Crippen LogP contribution in [-0.4, -0.2) is 58.7 Å². The van der Waals surface area contributed by atoms with Crippen molar-refractivity contribution < 1.29 is 19.8 Å². The molecule has 2 bridgehead atoms. The van der Waals surface area contributed by atoms with E-state index in [1.54, 1.807) is 6.07 Å². The number of aromatic hydroxyl groups is 1. The third-order valence-corrected chi connectivity index (χ3v) is 8.13. The molecule has 0 spiro atoms. The van der Waals surface area contributed by atoms with Crippen LogP contribution in [0.1, 0.15) is 73.4 Å². The van der Waals surface area contributed by atoms with Crippen LogP contribution in [0.4, 0.5) is 0 Å². The number of benzene rings is 1. The van der Waals surface area contributed by atoms with Crippen LogP contribution in [-0.2, 0) is 16.6 Å². The molecule has 1 saturated heterocycles. The van der Waals surface area contributed by atoms with Gasteiger partial charge < -0.3 is 26.2 Å². The van der Waals surface area contributed by atoms with Gasteiger partial charge in [-0.05, 0) is 69.7 Å². The topological polar surface area (TPSA) is 116 Å². The molecule has 2 aliphatic carbocycles. The summed E-state index contributed by atoms with van der Waals surface area (Å²) in [4.78, 5) is 26.2. The van der Waals surface area contributed by atoms with E-state index in [-0.39, 0.29) is 22.8 Å². The maximum absolute atomic E-state index is 12.0. The van der Waals surface area contributed by atoms with Gasteiger partial charge in [-0.15, -0.1) is 0 Å². The average Bonchev–Trinajstić information content (AvgIpc) is 2.72. The molecular formula is C24H35N3O4. The van der Waals surface area contributed by atoms with Gasteiger partial charge in [0.25, 0.3) is 5.91 Å². The number of hydrogen-bond donors (Lipinski definition) is 4. The van der Waals surface area contributed by atoms with Crippen LogP contribution < -0.4 is 11.1 Å². The lowest BCUT2D eigenvalue weighted by Gasteiger charge is -2.60. The van der Waals surface area contributed by atoms with Gasteiger partial charge in [0, 0.05) is 23.1 Å². The van der Waals surface area contributed by atoms with Crippen molar-refractivity contribution in [3.05, 3.63) is 28.8 Å². The first-order chi connectivity index (χ1) is 14.8. The van der Waals surface area contributed by atoms with Gasteiger partial charge in [-0.2, -0.15) is 0 Å². The predicted molar refractivity (Wildman–Crippen MR) is 118 cm³/mol. The standard InChI is InChI=1S/C24H35N3O4/c1-3-4-5-18(23(30)31)26-15-7-9-17-19-12-14-6-8-16(22(25)29)21(28)20(14)24(17,13-15)10-11-27(19)2/h6,8,15,17-19,26,28H,3-5,7,9-13H2,1-2H3,(H2,25,29)(H,30,31)/t15-,17+,18?,19-,24+/m1/s1. The first-order valence-electron chi connectivity index (χ1n) is 11.6. The average molecular weight is 430 g/mol. The van der Waals surface area contributed by atoms with Crippen LogP contribution in [0.3, 0.4) is 0 Å². The molecule has 0 radical (unpaired) electrons. The highest BCUT2D eigenvalue weighted by Crippen LogP contribution is 2.58. The van der Waals surface area contributed by atoms with Crippen LogP contribution in [0.15, 0.2) is 12.1 Å². The Labute approximate surface area is 184 Å². The lowest BCUT2D eigenvalue weighted by Crippen LogP contribution is -2.63. The number of phenols is 1. The van der Waals surface area contributed by atoms with Gasteiger partial charge in [0.1, 0.15) is 11.8 Å². The molecule has 7 nitrogen and oxygen atoms in total. The van der Waals surface area contributed by atoms with E-state index in [2.05, 4.69) is 24.2 Å². The molecule has 31 heavy (non-hydrogen) atoms. The summed E-state index contributed by atoms with van der Waals surface area (Å²) in [6.45, 7) is 2.99. The SMILES string of the molecule is CCCCC(N[C@@H]1CC[C@H]2[C@H]3Cc4ccc(C(N)=O)c(O)c4[C@@]2(CCN3C)C1)C(=O)O. The molecule has 1 aliphatic heterocycles. The van der Waals surface area contributed by atoms with E-state index in [4.69, 9.17) is 5.73 Å². The number of hydrogen-bond acceptors (Lipinski definition) is 5. The highest BCUT2D eigenvalue weighted by Gasteiger charge is 2.56. The number of carbonyl (C=O) groups is 2. The maximum Gasteiger partial charge on any atom is 0.320 e. The van der Waals surface area contributed by atoms with Crippen molar-refractivity contribution in [3.63, 3.8) is 0 Å². The zero-order valence-corrected chi connectivity index (χ0v) is 18.6. The van der Waals surface area contributed by atoms with Crippen molar-refractivity contribution >= 4 is 11.9 Å². The van der Waals surface area contributed by atoms with Gasteiger partial charge in [-0.25, -0.2) is 0 Å². The fourth-order valence-electron chi connectivity index (χ4n) is 6.65. The Balaban J connectivity index is 1.72. The monoisotopic (exact) mass is 429 g/mol. The number of nitrogens with zero attached hydrogens (tertiary/aromatic N) is 1. The van der Waals surface area contributed by atoms with Crippen molar-refractivity contribution in [3.8, 4) is 5.75 Å². The number of aliphatic carboxylic acids is 1. The lowest BCUT2D eigenvalue weighted by molar-refractivity contribution is -0.140. The van der Waals surface area contributed by atoms with Crippen LogP contribution in [0, 0.1) is 5.92 Å². The number of amides is 1. The summed E-state index contributed by atoms with van der Waals surface area (Å²) < 4.78 is 0. The summed E-state index contributed by atoms with van der Waals surface area (Å²) in [5.41, 5.74) is 7.47. The molecule has 5 N–H and O–H groups in total. The molecule has 1 amide bonds. The van der Waals surface area contributed by atoms with Gasteiger partial charge >= 0.3 is 5.97 Å². The second-order valence-electron chi connectivity index (χ2n) is 9.80. The number of primary amides is 1. The number of rotatable bonds is 7. The Morgan fingerprint density at radius 3 is 2.81 bits per heavy atom. The van der Waals surface area contributed by atoms with Crippen LogP contribution in [0.25, 0.3) is 0 Å². The van der Waals surface area contributed by atoms with Gasteiger partial charge in [0.15, 0.2) is 0 Å². The Kier molecular flexibility index (Phi) is 6.01. The number of carbonyl (C=O) groups excluding carboxylic acids is 1. The third kappa shape index (κ3) is 3.72. The van der Waals surface area contributed by atoms with Crippen molar-refractivity contribution in [2.75, 3.05) is 13.6 Å². The summed E-state index contributed by atoms with van der Waals surface area (Å²) in [5.74, 6) is -0.985. The van der Waals surface area contributed by atoms with Gasteiger partial charge in [0.05, 0.1) is 5.56 Å². The Hall–Kier alpha value is -2.12. The first kappa shape index (κ1) is 22.1. The number of likely N-dealkylation sites (N-methyl/N-ethyl adjacent to an activating group) is 1. The lowest BCUT2D eigenvalue weighted by atomic mass is 9.51. The molecule has 1 aromatic carbocycles. The van der Waals surface area contributed by atoms with Gasteiger partial charge in [-0.1, -0.05) is 25.8 Å². The quantitative estimate of drug-likeness (QED) is 0.529. The number of carboxylic acids is 1. The van der Waals surface area contributed by atoms with E-state index in [9.17, 15) is 19.8 Å². The van der Waals surface area contributed by atoms with E-state index in [1.807, 2.05) is 6.07 Å². The predicted octanol–water partition coefficient (Wildman–Crippen LogP) is 2.39. The van der Waals surface area contributed by atoms with Crippen molar-refractivity contribution in [2.24, 2.45) is 11.7 Å². The van der Waals surface area contributed by atoms with E-state index in [0.717, 1.165) is 62.6 Å². The molecule has 3 aliphatic rings. The molecule has 0 aromatic heterocycles. The summed E-state index contributed by atoms with van der Waals surface area (Å²) in [6.07, 6.45) is 6.90. The summed E-state index contributed by atoms with van der Waals surface area (Å²) in [5, 5.41) is 24.3. The fourth-order valence-corrected chi connectivity index (χ4v) is 6.65. The van der Waals surface area contributed by atoms with Gasteiger partial charge in [-0.3, -0.25) is 9.59 Å². The highest BCUT2D eigenvalue weighted by atomic mass is 16.4. The highest BCUT2D eigenvalue weighted by molar-refractivity contribution is 5.96. The molecule has 4 rings (SSSR count). The van der Waals surface area contributed by atoms with E-state index in [1.165, 1.54) is 0 Å². The second-order valence-corrected chi connectivity index (χ2v) is 9.80. The van der Waals surface area contributed by atoms with E-state index >= 15 is 0 Å². The molecule has 5 atom stereocenters. The minimum Gasteiger partial charge on any atom is -0.507 e. The largest absolute Gasteiger partial charge is 0.507 e. The smallest absolute Gasteiger partial charge is 0.320 e. The number of carboxylic acid groups (broad SMARTS) is 1. The van der Waals surface area contributed by atoms with Crippen molar-refractivity contribution in [1.82, 2.24) is 10.2 Å². The summed E-state index contributed by atoms with van der Waals surface area (Å²) in [6, 6.07) is 3.52. The molecule has 1 unspecified atom stereocenters. The molecule has 170 valence electrons. The molecular weight excluding hydrogens is 394 g/mol. The molecule has 1 aromatic rings. The first-order valence-corrected chi connectivity index (χ1v) is 11.6. The zero-order valence-electron chi connectivity index (χ0n) is 18.6. The number of likely N-dealkylation sites (tertiary alicyclic amines) is 1. The Morgan fingerprint density at radius 2 is 2.13 bits per heavy atom. The molecule has 1 saturated carbocycles. The van der Waals surface area contributed by atoms with Crippen molar-refractivity contribution in [1.29, 1.82) is 0 Å². The number of piperidine rings is 1. The second kappa shape index (κ2) is 8.43. The number of nitrogens with two attached hydrogens (primary N) is 1. The van der Waals surface area contributed by atoms with Crippen molar-refractivity contribution in [2.45, 2.75) is 81.8 Å². The summed E-state index contributed by atoms with van der Waals surface area (Å²) >= 11 is 0. The van der Waals surface area contributed by atoms with Crippen LogP contribution >= 0.6 is 0 Å². The Morgan fingerprint density at radius 1 is 1.35 bits per heavy atom. The number of fused-ring (bicyclic) bond motifs is 1. The summed E-state index contributed by atoms with van der Waals surface area (Å²) in [7, 11) is 2.17. The molecule has 1 heterocycles. The minimum absolute atomic E-state index is 0.0411. The zero-order chi connectivity index (χ0) is 22.3. The number of nitrogens with one attached hydrogen (secondary N) is 1.